The second-order valence-corrected chi connectivity index (χ2v) is 12.6. The Morgan fingerprint density at radius 3 is 2.57 bits per heavy atom. The van der Waals surface area contributed by atoms with E-state index in [2.05, 4.69) is 59.0 Å². The molecule has 6 rings (SSSR count). The smallest absolute Gasteiger partial charge is 0.337 e. The lowest BCUT2D eigenvalue weighted by atomic mass is 9.72. The van der Waals surface area contributed by atoms with Crippen molar-refractivity contribution in [3.05, 3.63) is 101 Å². The van der Waals surface area contributed by atoms with E-state index < -0.39 is 0 Å². The standard InChI is InChI=1S/C35H38ClN3O3/c1-35(2)16-14-27(31(21-35)24-4-8-28(36)9-5-24)22-38-18-19-39(29-10-6-25(7-11-29)34(40)41-3)33(23-38)42-30-12-13-32-26(20-30)15-17-37-32/h4-13,15,17,20,33,37H,14,16,18-19,21-23H2,1-3H3. The van der Waals surface area contributed by atoms with Gasteiger partial charge in [0.15, 0.2) is 6.23 Å². The maximum Gasteiger partial charge on any atom is 0.337 e. The molecule has 1 aliphatic carbocycles. The number of nitrogens with one attached hydrogen (secondary N) is 1. The maximum absolute atomic E-state index is 12.0. The van der Waals surface area contributed by atoms with Gasteiger partial charge in [-0.3, -0.25) is 4.90 Å². The Morgan fingerprint density at radius 2 is 1.81 bits per heavy atom. The van der Waals surface area contributed by atoms with Crippen LogP contribution in [0, 0.1) is 5.41 Å². The topological polar surface area (TPSA) is 57.8 Å². The highest BCUT2D eigenvalue weighted by molar-refractivity contribution is 6.30. The van der Waals surface area contributed by atoms with Crippen molar-refractivity contribution in [1.29, 1.82) is 0 Å². The first-order valence-electron chi connectivity index (χ1n) is 14.7. The first-order valence-corrected chi connectivity index (χ1v) is 15.0. The third-order valence-corrected chi connectivity index (χ3v) is 8.88. The number of hydrogen-bond acceptors (Lipinski definition) is 5. The minimum absolute atomic E-state index is 0.196. The largest absolute Gasteiger partial charge is 0.469 e. The van der Waals surface area contributed by atoms with Gasteiger partial charge in [-0.25, -0.2) is 4.79 Å². The number of hydrogen-bond donors (Lipinski definition) is 1. The number of aromatic amines is 1. The van der Waals surface area contributed by atoms with Crippen molar-refractivity contribution in [3.8, 4) is 5.75 Å². The third kappa shape index (κ3) is 6.20. The molecule has 0 spiro atoms. The third-order valence-electron chi connectivity index (χ3n) is 8.63. The first kappa shape index (κ1) is 28.4. The van der Waals surface area contributed by atoms with Gasteiger partial charge in [0.1, 0.15) is 5.75 Å². The summed E-state index contributed by atoms with van der Waals surface area (Å²) in [6.07, 6.45) is 5.09. The number of carbonyl (C=O) groups excluding carboxylic acids is 1. The minimum Gasteiger partial charge on any atom is -0.469 e. The fourth-order valence-electron chi connectivity index (χ4n) is 6.25. The summed E-state index contributed by atoms with van der Waals surface area (Å²) in [6.45, 7) is 8.13. The number of ether oxygens (including phenoxy) is 2. The molecule has 0 amide bonds. The molecular weight excluding hydrogens is 546 g/mol. The van der Waals surface area contributed by atoms with Gasteiger partial charge in [-0.15, -0.1) is 0 Å². The van der Waals surface area contributed by atoms with Crippen LogP contribution in [0.15, 0.2) is 84.6 Å². The number of carbonyl (C=O) groups is 1. The number of rotatable bonds is 7. The molecule has 3 aromatic carbocycles. The molecule has 0 bridgehead atoms. The van der Waals surface area contributed by atoms with E-state index in [9.17, 15) is 4.79 Å². The van der Waals surface area contributed by atoms with Crippen LogP contribution in [0.5, 0.6) is 5.75 Å². The zero-order valence-electron chi connectivity index (χ0n) is 24.5. The molecule has 6 nitrogen and oxygen atoms in total. The Hall–Kier alpha value is -3.74. The van der Waals surface area contributed by atoms with Gasteiger partial charge in [-0.2, -0.15) is 0 Å². The molecule has 1 N–H and O–H groups in total. The zero-order chi connectivity index (χ0) is 29.3. The Labute approximate surface area is 252 Å². The zero-order valence-corrected chi connectivity index (χ0v) is 25.3. The number of piperazine rings is 1. The lowest BCUT2D eigenvalue weighted by Gasteiger charge is -2.43. The molecule has 1 atom stereocenters. The van der Waals surface area contributed by atoms with E-state index in [1.807, 2.05) is 48.7 Å². The highest BCUT2D eigenvalue weighted by Crippen LogP contribution is 2.43. The molecule has 1 aliphatic heterocycles. The van der Waals surface area contributed by atoms with Gasteiger partial charge in [-0.1, -0.05) is 43.2 Å². The van der Waals surface area contributed by atoms with Crippen molar-refractivity contribution < 1.29 is 14.3 Å². The molecule has 2 heterocycles. The lowest BCUT2D eigenvalue weighted by Crippen LogP contribution is -2.56. The summed E-state index contributed by atoms with van der Waals surface area (Å²) in [5, 5.41) is 1.89. The SMILES string of the molecule is COC(=O)c1ccc(N2CCN(CC3=C(c4ccc(Cl)cc4)CC(C)(C)CC3)CC2Oc2ccc3[nH]ccc3c2)cc1. The van der Waals surface area contributed by atoms with E-state index in [4.69, 9.17) is 21.1 Å². The number of esters is 1. The Kier molecular flexibility index (Phi) is 8.02. The summed E-state index contributed by atoms with van der Waals surface area (Å²) in [6, 6.07) is 24.2. The number of fused-ring (bicyclic) bond motifs is 1. The van der Waals surface area contributed by atoms with Gasteiger partial charge in [0, 0.05) is 47.4 Å². The van der Waals surface area contributed by atoms with Crippen LogP contribution >= 0.6 is 11.6 Å². The summed E-state index contributed by atoms with van der Waals surface area (Å²) in [4.78, 5) is 20.1. The number of allylic oxidation sites excluding steroid dienone is 1. The molecule has 4 aromatic rings. The van der Waals surface area contributed by atoms with E-state index in [0.29, 0.717) is 5.56 Å². The van der Waals surface area contributed by atoms with Gasteiger partial charge in [-0.05, 0) is 96.5 Å². The Bertz CT molecular complexity index is 1590. The molecule has 1 unspecified atom stereocenters. The number of methoxy groups -OCH3 is 1. The summed E-state index contributed by atoms with van der Waals surface area (Å²) < 4.78 is 11.6. The van der Waals surface area contributed by atoms with Crippen LogP contribution in [0.2, 0.25) is 5.02 Å². The number of benzene rings is 3. The first-order chi connectivity index (χ1) is 20.3. The van der Waals surface area contributed by atoms with Crippen LogP contribution in [0.1, 0.15) is 49.0 Å². The van der Waals surface area contributed by atoms with E-state index in [0.717, 1.165) is 66.4 Å². The second-order valence-electron chi connectivity index (χ2n) is 12.2. The number of nitrogens with zero attached hydrogens (tertiary/aromatic N) is 2. The van der Waals surface area contributed by atoms with Crippen molar-refractivity contribution in [2.24, 2.45) is 5.41 Å². The molecule has 0 radical (unpaired) electrons. The lowest BCUT2D eigenvalue weighted by molar-refractivity contribution is 0.0600. The van der Waals surface area contributed by atoms with Crippen LogP contribution in [0.25, 0.3) is 16.5 Å². The predicted molar refractivity (Wildman–Crippen MR) is 170 cm³/mol. The molecule has 7 heteroatoms. The summed E-state index contributed by atoms with van der Waals surface area (Å²) >= 11 is 6.24. The van der Waals surface area contributed by atoms with E-state index in [-0.39, 0.29) is 17.6 Å². The molecule has 0 saturated carbocycles. The monoisotopic (exact) mass is 583 g/mol. The second kappa shape index (κ2) is 11.9. The number of aromatic nitrogens is 1. The van der Waals surface area contributed by atoms with Crippen molar-refractivity contribution >= 4 is 39.7 Å². The van der Waals surface area contributed by atoms with Gasteiger partial charge < -0.3 is 19.4 Å². The molecule has 218 valence electrons. The van der Waals surface area contributed by atoms with Crippen LogP contribution in [0.3, 0.4) is 0 Å². The number of H-pyrrole nitrogens is 1. The average Bonchev–Trinajstić information content (AvgIpc) is 3.46. The van der Waals surface area contributed by atoms with Crippen molar-refractivity contribution in [2.75, 3.05) is 38.2 Å². The van der Waals surface area contributed by atoms with Crippen molar-refractivity contribution in [2.45, 2.75) is 39.3 Å². The number of halogens is 1. The minimum atomic E-state index is -0.334. The number of anilines is 1. The van der Waals surface area contributed by atoms with Gasteiger partial charge in [0.2, 0.25) is 0 Å². The predicted octanol–water partition coefficient (Wildman–Crippen LogP) is 7.80. The normalized spacial score (nSPS) is 19.2. The molecule has 1 aromatic heterocycles. The van der Waals surface area contributed by atoms with E-state index >= 15 is 0 Å². The average molecular weight is 584 g/mol. The van der Waals surface area contributed by atoms with E-state index in [1.165, 1.54) is 30.2 Å². The Morgan fingerprint density at radius 1 is 1.02 bits per heavy atom. The maximum atomic E-state index is 12.0. The summed E-state index contributed by atoms with van der Waals surface area (Å²) in [5.41, 5.74) is 7.17. The van der Waals surface area contributed by atoms with Crippen LogP contribution in [-0.2, 0) is 4.74 Å². The molecule has 1 fully saturated rings. The summed E-state index contributed by atoms with van der Waals surface area (Å²) in [5.74, 6) is 0.505. The highest BCUT2D eigenvalue weighted by atomic mass is 35.5. The van der Waals surface area contributed by atoms with Gasteiger partial charge >= 0.3 is 5.97 Å². The summed E-state index contributed by atoms with van der Waals surface area (Å²) in [7, 11) is 1.40. The highest BCUT2D eigenvalue weighted by Gasteiger charge is 2.33. The fourth-order valence-corrected chi connectivity index (χ4v) is 6.37. The Balaban J connectivity index is 1.28. The quantitative estimate of drug-likeness (QED) is 0.225. The molecule has 2 aliphatic rings. The van der Waals surface area contributed by atoms with E-state index in [1.54, 1.807) is 0 Å². The van der Waals surface area contributed by atoms with Crippen LogP contribution in [0.4, 0.5) is 5.69 Å². The van der Waals surface area contributed by atoms with Crippen molar-refractivity contribution in [1.82, 2.24) is 9.88 Å². The van der Waals surface area contributed by atoms with Gasteiger partial charge in [0.25, 0.3) is 0 Å². The fraction of sp³-hybridized carbons (Fsp3) is 0.343. The van der Waals surface area contributed by atoms with Crippen LogP contribution < -0.4 is 9.64 Å². The van der Waals surface area contributed by atoms with Crippen molar-refractivity contribution in [3.63, 3.8) is 0 Å². The van der Waals surface area contributed by atoms with Crippen LogP contribution in [-0.4, -0.2) is 55.4 Å². The van der Waals surface area contributed by atoms with Gasteiger partial charge in [0.05, 0.1) is 19.2 Å². The molecule has 42 heavy (non-hydrogen) atoms. The molecular formula is C35H38ClN3O3. The molecule has 1 saturated heterocycles.